The molecular weight excluding hydrogens is 476 g/mol. The number of methoxy groups -OCH3 is 1. The zero-order chi connectivity index (χ0) is 25.6. The summed E-state index contributed by atoms with van der Waals surface area (Å²) in [5, 5.41) is 3.39. The van der Waals surface area contributed by atoms with Crippen LogP contribution in [-0.2, 0) is 19.4 Å². The van der Waals surface area contributed by atoms with Gasteiger partial charge in [-0.1, -0.05) is 12.1 Å². The molecule has 11 nitrogen and oxygen atoms in total. The van der Waals surface area contributed by atoms with Crippen molar-refractivity contribution in [3.63, 3.8) is 0 Å². The molecular formula is C23H30N4O7S. The summed E-state index contributed by atoms with van der Waals surface area (Å²) in [4.78, 5) is 45.6. The third-order valence-electron chi connectivity index (χ3n) is 5.63. The minimum absolute atomic E-state index is 0.0461. The van der Waals surface area contributed by atoms with Gasteiger partial charge in [-0.05, 0) is 25.5 Å². The van der Waals surface area contributed by atoms with Gasteiger partial charge in [0, 0.05) is 43.9 Å². The number of carbonyl (C=O) groups excluding carboxylic acids is 3. The van der Waals surface area contributed by atoms with Crippen LogP contribution in [0.25, 0.3) is 10.9 Å². The lowest BCUT2D eigenvalue weighted by Crippen LogP contribution is -2.56. The molecule has 1 aromatic carbocycles. The first-order chi connectivity index (χ1) is 16.6. The molecule has 3 amide bonds. The molecule has 1 aromatic heterocycles. The van der Waals surface area contributed by atoms with Crippen molar-refractivity contribution in [1.82, 2.24) is 20.1 Å². The van der Waals surface area contributed by atoms with Crippen LogP contribution in [-0.4, -0.2) is 99.1 Å². The fourth-order valence-electron chi connectivity index (χ4n) is 3.79. The molecule has 12 heteroatoms. The number of benzene rings is 1. The van der Waals surface area contributed by atoms with Crippen molar-refractivity contribution in [2.24, 2.45) is 0 Å². The summed E-state index contributed by atoms with van der Waals surface area (Å²) in [5.74, 6) is -0.861. The summed E-state index contributed by atoms with van der Waals surface area (Å²) < 4.78 is 33.9. The van der Waals surface area contributed by atoms with E-state index >= 15 is 0 Å². The number of piperazine rings is 1. The summed E-state index contributed by atoms with van der Waals surface area (Å²) in [7, 11) is -1.89. The number of hydrogen-bond acceptors (Lipinski definition) is 8. The summed E-state index contributed by atoms with van der Waals surface area (Å²) in [5.41, 5.74) is 0.593. The van der Waals surface area contributed by atoms with E-state index in [1.54, 1.807) is 19.1 Å². The van der Waals surface area contributed by atoms with E-state index in [0.717, 1.165) is 11.6 Å². The van der Waals surface area contributed by atoms with Crippen LogP contribution >= 0.6 is 0 Å². The van der Waals surface area contributed by atoms with Crippen LogP contribution in [0.2, 0.25) is 0 Å². The lowest BCUT2D eigenvalue weighted by atomic mass is 10.1. The summed E-state index contributed by atoms with van der Waals surface area (Å²) in [6, 6.07) is 7.57. The number of fused-ring (bicyclic) bond motifs is 1. The molecule has 1 atom stereocenters. The minimum atomic E-state index is -3.38. The monoisotopic (exact) mass is 506 g/mol. The average molecular weight is 507 g/mol. The van der Waals surface area contributed by atoms with Crippen LogP contribution in [0.4, 0.5) is 4.79 Å². The van der Waals surface area contributed by atoms with Crippen molar-refractivity contribution >= 4 is 38.6 Å². The lowest BCUT2D eigenvalue weighted by Gasteiger charge is -2.36. The topological polar surface area (TPSA) is 135 Å². The number of ether oxygens (including phenoxy) is 2. The third-order valence-corrected chi connectivity index (χ3v) is 6.61. The number of nitrogens with one attached hydrogen (secondary N) is 1. The van der Waals surface area contributed by atoms with E-state index in [1.165, 1.54) is 23.0 Å². The van der Waals surface area contributed by atoms with Gasteiger partial charge in [0.05, 0.1) is 25.0 Å². The molecule has 190 valence electrons. The second-order valence-corrected chi connectivity index (χ2v) is 10.4. The van der Waals surface area contributed by atoms with Gasteiger partial charge in [-0.3, -0.25) is 9.59 Å². The number of carbonyl (C=O) groups is 3. The van der Waals surface area contributed by atoms with Crippen molar-refractivity contribution in [2.45, 2.75) is 19.4 Å². The molecule has 0 aliphatic carbocycles. The summed E-state index contributed by atoms with van der Waals surface area (Å²) in [6.45, 7) is 3.01. The SMILES string of the molecule is CCOC(=O)N1CCN(C(=O)C(CCS(C)(=O)=O)NC(=O)c2cc(OC)c3ccccc3n2)CC1. The molecule has 0 bridgehead atoms. The number of para-hydroxylation sites is 1. The number of rotatable bonds is 8. The smallest absolute Gasteiger partial charge is 0.409 e. The Hall–Kier alpha value is -3.41. The molecule has 1 N–H and O–H groups in total. The highest BCUT2D eigenvalue weighted by molar-refractivity contribution is 7.90. The van der Waals surface area contributed by atoms with Crippen LogP contribution in [0.3, 0.4) is 0 Å². The Bertz CT molecular complexity index is 1190. The number of amides is 3. The summed E-state index contributed by atoms with van der Waals surface area (Å²) >= 11 is 0. The Kier molecular flexibility index (Phi) is 8.49. The van der Waals surface area contributed by atoms with E-state index in [0.29, 0.717) is 11.3 Å². The van der Waals surface area contributed by atoms with Crippen LogP contribution < -0.4 is 10.1 Å². The first-order valence-corrected chi connectivity index (χ1v) is 13.3. The maximum Gasteiger partial charge on any atom is 0.409 e. The molecule has 1 saturated heterocycles. The van der Waals surface area contributed by atoms with Crippen molar-refractivity contribution < 1.29 is 32.3 Å². The van der Waals surface area contributed by atoms with Gasteiger partial charge in [-0.2, -0.15) is 0 Å². The van der Waals surface area contributed by atoms with E-state index in [2.05, 4.69) is 10.3 Å². The van der Waals surface area contributed by atoms with Gasteiger partial charge in [0.15, 0.2) is 0 Å². The molecule has 1 unspecified atom stereocenters. The zero-order valence-electron chi connectivity index (χ0n) is 20.0. The third kappa shape index (κ3) is 6.81. The van der Waals surface area contributed by atoms with Crippen molar-refractivity contribution in [2.75, 3.05) is 51.9 Å². The number of pyridine rings is 1. The largest absolute Gasteiger partial charge is 0.496 e. The number of hydrogen-bond donors (Lipinski definition) is 1. The molecule has 1 aliphatic heterocycles. The quantitative estimate of drug-likeness (QED) is 0.562. The number of sulfone groups is 1. The summed E-state index contributed by atoms with van der Waals surface area (Å²) in [6.07, 6.45) is 0.536. The van der Waals surface area contributed by atoms with Crippen LogP contribution in [0, 0.1) is 0 Å². The fourth-order valence-corrected chi connectivity index (χ4v) is 4.46. The molecule has 0 saturated carbocycles. The second-order valence-electron chi connectivity index (χ2n) is 8.18. The normalized spacial score (nSPS) is 14.9. The van der Waals surface area contributed by atoms with Gasteiger partial charge >= 0.3 is 6.09 Å². The van der Waals surface area contributed by atoms with Crippen molar-refractivity contribution in [3.05, 3.63) is 36.0 Å². The first-order valence-electron chi connectivity index (χ1n) is 11.3. The fraction of sp³-hybridized carbons (Fsp3) is 0.478. The predicted octanol–water partition coefficient (Wildman–Crippen LogP) is 1.08. The lowest BCUT2D eigenvalue weighted by molar-refractivity contribution is -0.134. The van der Waals surface area contributed by atoms with Gasteiger partial charge in [0.1, 0.15) is 27.3 Å². The highest BCUT2D eigenvalue weighted by Gasteiger charge is 2.31. The van der Waals surface area contributed by atoms with E-state index in [-0.39, 0.29) is 50.7 Å². The van der Waals surface area contributed by atoms with Crippen LogP contribution in [0.15, 0.2) is 30.3 Å². The second kappa shape index (κ2) is 11.3. The predicted molar refractivity (Wildman–Crippen MR) is 129 cm³/mol. The Morgan fingerprint density at radius 1 is 1.11 bits per heavy atom. The van der Waals surface area contributed by atoms with Crippen LogP contribution in [0.1, 0.15) is 23.8 Å². The van der Waals surface area contributed by atoms with Gasteiger partial charge in [-0.15, -0.1) is 0 Å². The minimum Gasteiger partial charge on any atom is -0.496 e. The Morgan fingerprint density at radius 3 is 2.40 bits per heavy atom. The number of nitrogens with zero attached hydrogens (tertiary/aromatic N) is 3. The molecule has 0 radical (unpaired) electrons. The van der Waals surface area contributed by atoms with E-state index < -0.39 is 33.8 Å². The van der Waals surface area contributed by atoms with E-state index in [9.17, 15) is 22.8 Å². The molecule has 1 aliphatic rings. The Labute approximate surface area is 204 Å². The number of aromatic nitrogens is 1. The Balaban J connectivity index is 1.77. The maximum absolute atomic E-state index is 13.3. The molecule has 0 spiro atoms. The van der Waals surface area contributed by atoms with E-state index in [4.69, 9.17) is 9.47 Å². The van der Waals surface area contributed by atoms with Gasteiger partial charge in [0.25, 0.3) is 5.91 Å². The first kappa shape index (κ1) is 26.2. The molecule has 35 heavy (non-hydrogen) atoms. The molecule has 3 rings (SSSR count). The van der Waals surface area contributed by atoms with Gasteiger partial charge in [-0.25, -0.2) is 18.2 Å². The van der Waals surface area contributed by atoms with Gasteiger partial charge < -0.3 is 24.6 Å². The van der Waals surface area contributed by atoms with Crippen molar-refractivity contribution in [1.29, 1.82) is 0 Å². The highest BCUT2D eigenvalue weighted by Crippen LogP contribution is 2.25. The van der Waals surface area contributed by atoms with Gasteiger partial charge in [0.2, 0.25) is 5.91 Å². The average Bonchev–Trinajstić information content (AvgIpc) is 2.84. The Morgan fingerprint density at radius 2 is 1.77 bits per heavy atom. The van der Waals surface area contributed by atoms with E-state index in [1.807, 2.05) is 12.1 Å². The standard InChI is InChI=1S/C23H30N4O7S/c1-4-34-23(30)27-12-10-26(11-13-27)22(29)18(9-14-35(3,31)32)25-21(28)19-15-20(33-2)16-7-5-6-8-17(16)24-19/h5-8,15,18H,4,9-14H2,1-3H3,(H,25,28). The molecule has 2 aromatic rings. The van der Waals surface area contributed by atoms with Crippen molar-refractivity contribution in [3.8, 4) is 5.75 Å². The molecule has 2 heterocycles. The van der Waals surface area contributed by atoms with Crippen LogP contribution in [0.5, 0.6) is 5.75 Å². The maximum atomic E-state index is 13.3. The zero-order valence-corrected chi connectivity index (χ0v) is 20.8. The molecule has 1 fully saturated rings. The highest BCUT2D eigenvalue weighted by atomic mass is 32.2.